The molecule has 0 N–H and O–H groups in total. The summed E-state index contributed by atoms with van der Waals surface area (Å²) in [5.74, 6) is 2.77. The van der Waals surface area contributed by atoms with Gasteiger partial charge in [0, 0.05) is 25.1 Å². The average molecular weight is 346 g/mol. The number of hydrogen-bond donors (Lipinski definition) is 0. The Hall–Kier alpha value is -2.70. The molecule has 25 heavy (non-hydrogen) atoms. The van der Waals surface area contributed by atoms with Gasteiger partial charge in [-0.15, -0.1) is 0 Å². The fourth-order valence-corrected chi connectivity index (χ4v) is 2.51. The first-order valence-corrected chi connectivity index (χ1v) is 8.21. The van der Waals surface area contributed by atoms with Gasteiger partial charge in [-0.1, -0.05) is 19.0 Å². The summed E-state index contributed by atoms with van der Waals surface area (Å²) in [5, 5.41) is 4.00. The lowest BCUT2D eigenvalue weighted by Crippen LogP contribution is -2.37. The maximum absolute atomic E-state index is 12.5. The maximum Gasteiger partial charge on any atom is 0.263 e. The lowest BCUT2D eigenvalue weighted by atomic mass is 10.1. The average Bonchev–Trinajstić information content (AvgIpc) is 3.22. The summed E-state index contributed by atoms with van der Waals surface area (Å²) in [5.41, 5.74) is 0.717. The van der Waals surface area contributed by atoms with Crippen molar-refractivity contribution in [3.63, 3.8) is 0 Å². The quantitative estimate of drug-likeness (QED) is 0.801. The molecule has 0 bridgehead atoms. The Bertz CT molecular complexity index is 756. The molecule has 3 rings (SSSR count). The van der Waals surface area contributed by atoms with Crippen LogP contribution in [0, 0.1) is 0 Å². The molecule has 2 aromatic rings. The molecule has 2 heterocycles. The summed E-state index contributed by atoms with van der Waals surface area (Å²) in [6.45, 7) is 6.34. The van der Waals surface area contributed by atoms with Gasteiger partial charge < -0.3 is 23.6 Å². The third-order valence-corrected chi connectivity index (χ3v) is 3.93. The molecule has 0 saturated heterocycles. The van der Waals surface area contributed by atoms with Gasteiger partial charge >= 0.3 is 0 Å². The van der Waals surface area contributed by atoms with E-state index in [9.17, 15) is 4.79 Å². The van der Waals surface area contributed by atoms with Crippen LogP contribution in [0.5, 0.6) is 17.2 Å². The first kappa shape index (κ1) is 17.1. The highest BCUT2D eigenvalue weighted by Crippen LogP contribution is 2.35. The van der Waals surface area contributed by atoms with Gasteiger partial charge in [-0.3, -0.25) is 4.79 Å². The Morgan fingerprint density at radius 2 is 2.00 bits per heavy atom. The van der Waals surface area contributed by atoms with E-state index in [1.165, 1.54) is 0 Å². The molecule has 0 saturated carbocycles. The van der Waals surface area contributed by atoms with Crippen LogP contribution < -0.4 is 14.2 Å². The van der Waals surface area contributed by atoms with Crippen molar-refractivity contribution in [2.45, 2.75) is 39.3 Å². The number of carbonyl (C=O) groups excluding carboxylic acids is 1. The number of likely N-dealkylation sites (N-methyl/N-ethyl adjacent to an activating group) is 1. The van der Waals surface area contributed by atoms with Crippen molar-refractivity contribution in [2.24, 2.45) is 0 Å². The summed E-state index contributed by atoms with van der Waals surface area (Å²) >= 11 is 0. The van der Waals surface area contributed by atoms with Gasteiger partial charge in [0.25, 0.3) is 5.91 Å². The van der Waals surface area contributed by atoms with Crippen LogP contribution in [-0.2, 0) is 11.3 Å². The fourth-order valence-electron chi connectivity index (χ4n) is 2.51. The molecule has 1 aromatic carbocycles. The van der Waals surface area contributed by atoms with Gasteiger partial charge in [-0.25, -0.2) is 0 Å². The number of benzene rings is 1. The molecule has 1 aliphatic rings. The van der Waals surface area contributed by atoms with Crippen molar-refractivity contribution in [3.8, 4) is 17.2 Å². The van der Waals surface area contributed by atoms with Crippen molar-refractivity contribution in [2.75, 3.05) is 13.8 Å². The number of ether oxygens (including phenoxy) is 3. The minimum Gasteiger partial charge on any atom is -0.481 e. The van der Waals surface area contributed by atoms with E-state index >= 15 is 0 Å². The van der Waals surface area contributed by atoms with Crippen molar-refractivity contribution in [1.82, 2.24) is 10.1 Å². The summed E-state index contributed by atoms with van der Waals surface area (Å²) in [4.78, 5) is 14.1. The third-order valence-electron chi connectivity index (χ3n) is 3.93. The zero-order chi connectivity index (χ0) is 18.0. The predicted octanol–water partition coefficient (Wildman–Crippen LogP) is 2.95. The Kier molecular flexibility index (Phi) is 4.83. The molecule has 1 amide bonds. The van der Waals surface area contributed by atoms with Gasteiger partial charge in [0.1, 0.15) is 17.2 Å². The zero-order valence-electron chi connectivity index (χ0n) is 14.8. The van der Waals surface area contributed by atoms with Gasteiger partial charge in [0.15, 0.2) is 17.6 Å². The van der Waals surface area contributed by atoms with Gasteiger partial charge in [-0.05, 0) is 19.1 Å². The van der Waals surface area contributed by atoms with E-state index in [2.05, 4.69) is 5.16 Å². The second-order valence-electron chi connectivity index (χ2n) is 6.34. The largest absolute Gasteiger partial charge is 0.481 e. The molecule has 7 nitrogen and oxygen atoms in total. The Labute approximate surface area is 146 Å². The smallest absolute Gasteiger partial charge is 0.263 e. The number of amides is 1. The summed E-state index contributed by atoms with van der Waals surface area (Å²) < 4.78 is 21.6. The molecule has 7 heteroatoms. The van der Waals surface area contributed by atoms with Crippen molar-refractivity contribution in [1.29, 1.82) is 0 Å². The lowest BCUT2D eigenvalue weighted by molar-refractivity contribution is -0.137. The SMILES string of the molecule is CC(Oc1ccc2c(c1)OCO2)C(=O)N(C)Cc1cc(C(C)C)on1. The molecule has 1 aliphatic heterocycles. The van der Waals surface area contributed by atoms with E-state index < -0.39 is 6.10 Å². The van der Waals surface area contributed by atoms with Crippen LogP contribution in [0.1, 0.15) is 38.1 Å². The number of hydrogen-bond acceptors (Lipinski definition) is 6. The topological polar surface area (TPSA) is 74.0 Å². The van der Waals surface area contributed by atoms with Gasteiger partial charge in [-0.2, -0.15) is 0 Å². The second kappa shape index (κ2) is 7.04. The third kappa shape index (κ3) is 3.87. The predicted molar refractivity (Wildman–Crippen MR) is 89.7 cm³/mol. The Morgan fingerprint density at radius 3 is 2.72 bits per heavy atom. The van der Waals surface area contributed by atoms with E-state index in [4.69, 9.17) is 18.7 Å². The van der Waals surface area contributed by atoms with Crippen LogP contribution >= 0.6 is 0 Å². The van der Waals surface area contributed by atoms with Crippen LogP contribution in [0.15, 0.2) is 28.8 Å². The number of carbonyl (C=O) groups is 1. The van der Waals surface area contributed by atoms with Gasteiger partial charge in [0.2, 0.25) is 6.79 Å². The maximum atomic E-state index is 12.5. The highest BCUT2D eigenvalue weighted by Gasteiger charge is 2.22. The highest BCUT2D eigenvalue weighted by atomic mass is 16.7. The van der Waals surface area contributed by atoms with Crippen LogP contribution in [0.2, 0.25) is 0 Å². The molecule has 1 atom stereocenters. The molecule has 0 spiro atoms. The van der Waals surface area contributed by atoms with Gasteiger partial charge in [0.05, 0.1) is 6.54 Å². The minimum absolute atomic E-state index is 0.147. The molecule has 0 fully saturated rings. The Morgan fingerprint density at radius 1 is 1.24 bits per heavy atom. The fraction of sp³-hybridized carbons (Fsp3) is 0.444. The van der Waals surface area contributed by atoms with E-state index in [0.717, 1.165) is 11.5 Å². The zero-order valence-corrected chi connectivity index (χ0v) is 14.8. The van der Waals surface area contributed by atoms with Crippen molar-refractivity contribution in [3.05, 3.63) is 35.7 Å². The lowest BCUT2D eigenvalue weighted by Gasteiger charge is -2.21. The Balaban J connectivity index is 1.59. The normalized spacial score (nSPS) is 13.8. The first-order chi connectivity index (χ1) is 11.9. The van der Waals surface area contributed by atoms with Crippen LogP contribution in [0.25, 0.3) is 0 Å². The standard InChI is InChI=1S/C18H22N2O5/c1-11(2)16-7-13(19-25-16)9-20(4)18(21)12(3)24-14-5-6-15-17(8-14)23-10-22-15/h5-8,11-12H,9-10H2,1-4H3. The van der Waals surface area contributed by atoms with E-state index in [-0.39, 0.29) is 18.6 Å². The molecule has 1 aromatic heterocycles. The van der Waals surface area contributed by atoms with Crippen LogP contribution in [-0.4, -0.2) is 35.9 Å². The number of aromatic nitrogens is 1. The molecule has 0 aliphatic carbocycles. The minimum atomic E-state index is -0.637. The molecular formula is C18H22N2O5. The number of fused-ring (bicyclic) bond motifs is 1. The van der Waals surface area contributed by atoms with Crippen LogP contribution in [0.3, 0.4) is 0 Å². The van der Waals surface area contributed by atoms with Crippen LogP contribution in [0.4, 0.5) is 0 Å². The van der Waals surface area contributed by atoms with Crippen molar-refractivity contribution >= 4 is 5.91 Å². The first-order valence-electron chi connectivity index (χ1n) is 8.21. The van der Waals surface area contributed by atoms with Crippen molar-refractivity contribution < 1.29 is 23.5 Å². The highest BCUT2D eigenvalue weighted by molar-refractivity contribution is 5.80. The molecular weight excluding hydrogens is 324 g/mol. The summed E-state index contributed by atoms with van der Waals surface area (Å²) in [7, 11) is 1.71. The summed E-state index contributed by atoms with van der Waals surface area (Å²) in [6.07, 6.45) is -0.637. The number of rotatable bonds is 6. The number of nitrogens with zero attached hydrogens (tertiary/aromatic N) is 2. The second-order valence-corrected chi connectivity index (χ2v) is 6.34. The molecule has 0 radical (unpaired) electrons. The molecule has 134 valence electrons. The monoisotopic (exact) mass is 346 g/mol. The van der Waals surface area contributed by atoms with E-state index in [1.54, 1.807) is 37.1 Å². The molecule has 1 unspecified atom stereocenters. The summed E-state index contributed by atoms with van der Waals surface area (Å²) in [6, 6.07) is 7.11. The van der Waals surface area contributed by atoms with E-state index in [0.29, 0.717) is 23.8 Å². The van der Waals surface area contributed by atoms with E-state index in [1.807, 2.05) is 19.9 Å².